The first-order valence-electron chi connectivity index (χ1n) is 9.11. The average molecular weight is 384 g/mol. The van der Waals surface area contributed by atoms with Crippen molar-refractivity contribution < 1.29 is 14.3 Å². The zero-order chi connectivity index (χ0) is 20.5. The van der Waals surface area contributed by atoms with Crippen LogP contribution in [-0.4, -0.2) is 30.3 Å². The molecule has 0 aliphatic carbocycles. The van der Waals surface area contributed by atoms with Gasteiger partial charge in [0.2, 0.25) is 0 Å². The number of nitrogens with zero attached hydrogens (tertiary/aromatic N) is 2. The second kappa shape index (κ2) is 9.90. The van der Waals surface area contributed by atoms with E-state index in [-0.39, 0.29) is 17.9 Å². The number of methoxy groups -OCH3 is 1. The van der Waals surface area contributed by atoms with Gasteiger partial charge in [0.1, 0.15) is 5.71 Å². The molecule has 0 spiro atoms. The maximum absolute atomic E-state index is 12.5. The molecule has 0 unspecified atom stereocenters. The summed E-state index contributed by atoms with van der Waals surface area (Å²) in [5, 5.41) is 8.45. The van der Waals surface area contributed by atoms with Gasteiger partial charge < -0.3 is 4.74 Å². The van der Waals surface area contributed by atoms with E-state index in [4.69, 9.17) is 4.74 Å². The van der Waals surface area contributed by atoms with Crippen molar-refractivity contribution in [3.05, 3.63) is 108 Å². The number of ketones is 1. The molecule has 0 bridgehead atoms. The summed E-state index contributed by atoms with van der Waals surface area (Å²) in [7, 11) is 1.25. The highest BCUT2D eigenvalue weighted by Crippen LogP contribution is 2.12. The van der Waals surface area contributed by atoms with Crippen molar-refractivity contribution in [1.82, 2.24) is 0 Å². The van der Waals surface area contributed by atoms with Gasteiger partial charge in [-0.3, -0.25) is 4.79 Å². The van der Waals surface area contributed by atoms with Crippen LogP contribution in [0.3, 0.4) is 0 Å². The van der Waals surface area contributed by atoms with Crippen LogP contribution >= 0.6 is 0 Å². The lowest BCUT2D eigenvalue weighted by molar-refractivity contribution is -0.132. The Morgan fingerprint density at radius 2 is 1.14 bits per heavy atom. The lowest BCUT2D eigenvalue weighted by Crippen LogP contribution is -2.20. The van der Waals surface area contributed by atoms with Gasteiger partial charge in [-0.1, -0.05) is 91.0 Å². The maximum Gasteiger partial charge on any atom is 0.354 e. The number of hydrogen-bond donors (Lipinski definition) is 0. The number of carbonyl (C=O) groups is 2. The van der Waals surface area contributed by atoms with Gasteiger partial charge in [0.05, 0.1) is 13.5 Å². The molecule has 0 heterocycles. The fourth-order valence-electron chi connectivity index (χ4n) is 2.73. The van der Waals surface area contributed by atoms with Crippen LogP contribution in [0.5, 0.6) is 0 Å². The molecular weight excluding hydrogens is 364 g/mol. The quantitative estimate of drug-likeness (QED) is 0.264. The van der Waals surface area contributed by atoms with Crippen LogP contribution in [0.15, 0.2) is 101 Å². The van der Waals surface area contributed by atoms with Crippen molar-refractivity contribution in [2.24, 2.45) is 10.2 Å². The van der Waals surface area contributed by atoms with Gasteiger partial charge >= 0.3 is 5.97 Å². The molecule has 0 aliphatic rings. The number of esters is 1. The smallest absolute Gasteiger partial charge is 0.354 e. The number of benzene rings is 3. The van der Waals surface area contributed by atoms with E-state index >= 15 is 0 Å². The molecule has 0 aromatic heterocycles. The monoisotopic (exact) mass is 384 g/mol. The fourth-order valence-corrected chi connectivity index (χ4v) is 2.73. The van der Waals surface area contributed by atoms with E-state index in [9.17, 15) is 9.59 Å². The third kappa shape index (κ3) is 5.32. The topological polar surface area (TPSA) is 68.1 Å². The van der Waals surface area contributed by atoms with E-state index in [0.717, 1.165) is 11.1 Å². The van der Waals surface area contributed by atoms with Gasteiger partial charge in [-0.05, 0) is 0 Å². The second-order valence-corrected chi connectivity index (χ2v) is 6.18. The van der Waals surface area contributed by atoms with Crippen LogP contribution in [0.25, 0.3) is 0 Å². The second-order valence-electron chi connectivity index (χ2n) is 6.18. The summed E-state index contributed by atoms with van der Waals surface area (Å²) in [6, 6.07) is 27.8. The minimum absolute atomic E-state index is 0.0503. The Morgan fingerprint density at radius 3 is 1.59 bits per heavy atom. The molecule has 144 valence electrons. The van der Waals surface area contributed by atoms with Crippen LogP contribution in [0.2, 0.25) is 0 Å². The predicted molar refractivity (Wildman–Crippen MR) is 113 cm³/mol. The maximum atomic E-state index is 12.5. The van der Waals surface area contributed by atoms with E-state index in [1.54, 1.807) is 24.3 Å². The lowest BCUT2D eigenvalue weighted by atomic mass is 10.0. The molecule has 3 aromatic rings. The number of ether oxygens (including phenoxy) is 1. The van der Waals surface area contributed by atoms with E-state index in [0.29, 0.717) is 11.3 Å². The van der Waals surface area contributed by atoms with Gasteiger partial charge in [-0.2, -0.15) is 0 Å². The minimum atomic E-state index is -0.682. The Balaban J connectivity index is 1.99. The van der Waals surface area contributed by atoms with Crippen molar-refractivity contribution in [3.63, 3.8) is 0 Å². The Kier molecular flexibility index (Phi) is 6.79. The summed E-state index contributed by atoms with van der Waals surface area (Å²) in [5.41, 5.74) is 2.74. The number of rotatable bonds is 7. The number of hydrogen-bond acceptors (Lipinski definition) is 5. The highest BCUT2D eigenvalue weighted by Gasteiger charge is 2.18. The van der Waals surface area contributed by atoms with Crippen molar-refractivity contribution in [3.8, 4) is 0 Å². The molecule has 0 aliphatic heterocycles. The first-order chi connectivity index (χ1) is 14.2. The van der Waals surface area contributed by atoms with E-state index in [1.807, 2.05) is 66.7 Å². The van der Waals surface area contributed by atoms with Gasteiger partial charge in [0, 0.05) is 16.7 Å². The highest BCUT2D eigenvalue weighted by molar-refractivity contribution is 6.40. The van der Waals surface area contributed by atoms with Gasteiger partial charge in [-0.25, -0.2) is 4.79 Å². The molecule has 3 aromatic carbocycles. The molecule has 3 rings (SSSR count). The molecule has 0 radical (unpaired) electrons. The Hall–Kier alpha value is -3.86. The summed E-state index contributed by atoms with van der Waals surface area (Å²) in [6.45, 7) is 0. The third-order valence-electron chi connectivity index (χ3n) is 4.21. The largest absolute Gasteiger partial charge is 0.464 e. The van der Waals surface area contributed by atoms with Crippen LogP contribution in [0.1, 0.15) is 27.9 Å². The van der Waals surface area contributed by atoms with Gasteiger partial charge in [0.25, 0.3) is 0 Å². The molecule has 0 atom stereocenters. The molecule has 0 amide bonds. The Morgan fingerprint density at radius 1 is 0.690 bits per heavy atom. The first-order valence-corrected chi connectivity index (χ1v) is 9.11. The predicted octanol–water partition coefficient (Wildman–Crippen LogP) is 4.33. The molecule has 5 heteroatoms. The molecule has 0 N–H and O–H groups in total. The van der Waals surface area contributed by atoms with Crippen LogP contribution in [-0.2, 0) is 9.53 Å². The van der Waals surface area contributed by atoms with Gasteiger partial charge in [-0.15, -0.1) is 10.2 Å². The van der Waals surface area contributed by atoms with Crippen molar-refractivity contribution >= 4 is 23.2 Å². The normalized spacial score (nSPS) is 10.9. The van der Waals surface area contributed by atoms with E-state index < -0.39 is 5.97 Å². The van der Waals surface area contributed by atoms with Crippen molar-refractivity contribution in [1.29, 1.82) is 0 Å². The van der Waals surface area contributed by atoms with Crippen molar-refractivity contribution in [2.75, 3.05) is 7.11 Å². The zero-order valence-electron chi connectivity index (χ0n) is 16.0. The molecular formula is C24H20N2O3. The molecule has 0 fully saturated rings. The third-order valence-corrected chi connectivity index (χ3v) is 4.21. The standard InChI is InChI=1S/C24H20N2O3/c1-29-24(28)21(17-22(27)18-11-5-2-6-12-18)25-26-23(19-13-7-3-8-14-19)20-15-9-4-10-16-20/h2-16H,17H2,1H3. The minimum Gasteiger partial charge on any atom is -0.464 e. The summed E-state index contributed by atoms with van der Waals surface area (Å²) in [4.78, 5) is 24.7. The Bertz CT molecular complexity index is 986. The summed E-state index contributed by atoms with van der Waals surface area (Å²) in [5.74, 6) is -0.913. The summed E-state index contributed by atoms with van der Waals surface area (Å²) >= 11 is 0. The summed E-state index contributed by atoms with van der Waals surface area (Å²) < 4.78 is 4.80. The zero-order valence-corrected chi connectivity index (χ0v) is 16.0. The van der Waals surface area contributed by atoms with Crippen LogP contribution in [0.4, 0.5) is 0 Å². The molecule has 5 nitrogen and oxygen atoms in total. The van der Waals surface area contributed by atoms with Gasteiger partial charge in [0.15, 0.2) is 11.5 Å². The fraction of sp³-hybridized carbons (Fsp3) is 0.0833. The Labute approximate surface area is 169 Å². The average Bonchev–Trinajstić information content (AvgIpc) is 2.79. The summed E-state index contributed by atoms with van der Waals surface area (Å²) in [6.07, 6.45) is -0.197. The number of carbonyl (C=O) groups excluding carboxylic acids is 2. The van der Waals surface area contributed by atoms with E-state index in [1.165, 1.54) is 7.11 Å². The number of Topliss-reactive ketones (excluding diaryl/α,β-unsaturated/α-hetero) is 1. The first kappa shape index (κ1) is 19.9. The van der Waals surface area contributed by atoms with Crippen molar-refractivity contribution in [2.45, 2.75) is 6.42 Å². The molecule has 0 saturated carbocycles. The van der Waals surface area contributed by atoms with Crippen LogP contribution in [0, 0.1) is 0 Å². The highest BCUT2D eigenvalue weighted by atomic mass is 16.5. The molecule has 0 saturated heterocycles. The van der Waals surface area contributed by atoms with Crippen LogP contribution < -0.4 is 0 Å². The lowest BCUT2D eigenvalue weighted by Gasteiger charge is -2.07. The molecule has 29 heavy (non-hydrogen) atoms. The van der Waals surface area contributed by atoms with E-state index in [2.05, 4.69) is 10.2 Å². The SMILES string of the molecule is COC(=O)C(CC(=O)c1ccccc1)=NN=C(c1ccccc1)c1ccccc1.